The highest BCUT2D eigenvalue weighted by Gasteiger charge is 2.03. The van der Waals surface area contributed by atoms with Crippen molar-refractivity contribution in [3.63, 3.8) is 0 Å². The standard InChI is InChI=1S/C11H15NO2/c1-8(14)10-4-2-9(3-5-10)6-11(12)7-13/h2-5,11,13H,6-7,12H2,1H3. The van der Waals surface area contributed by atoms with Gasteiger partial charge in [0.15, 0.2) is 5.78 Å². The average molecular weight is 193 g/mol. The molecule has 3 nitrogen and oxygen atoms in total. The maximum absolute atomic E-state index is 11.0. The van der Waals surface area contributed by atoms with Gasteiger partial charge in [0.05, 0.1) is 6.61 Å². The number of aliphatic hydroxyl groups is 1. The Labute approximate surface area is 83.6 Å². The van der Waals surface area contributed by atoms with Gasteiger partial charge < -0.3 is 10.8 Å². The van der Waals surface area contributed by atoms with E-state index in [1.165, 1.54) is 6.92 Å². The number of carbonyl (C=O) groups is 1. The zero-order chi connectivity index (χ0) is 10.6. The van der Waals surface area contributed by atoms with E-state index in [0.717, 1.165) is 5.56 Å². The molecule has 76 valence electrons. The summed E-state index contributed by atoms with van der Waals surface area (Å²) in [5.41, 5.74) is 7.32. The summed E-state index contributed by atoms with van der Waals surface area (Å²) in [5.74, 6) is 0.0583. The molecule has 3 N–H and O–H groups in total. The second-order valence-corrected chi connectivity index (χ2v) is 3.40. The molecule has 0 fully saturated rings. The van der Waals surface area contributed by atoms with Gasteiger partial charge in [-0.3, -0.25) is 4.79 Å². The van der Waals surface area contributed by atoms with Gasteiger partial charge in [-0.1, -0.05) is 24.3 Å². The van der Waals surface area contributed by atoms with Crippen molar-refractivity contribution < 1.29 is 9.90 Å². The van der Waals surface area contributed by atoms with Crippen LogP contribution in [0.2, 0.25) is 0 Å². The molecular weight excluding hydrogens is 178 g/mol. The SMILES string of the molecule is CC(=O)c1ccc(CC(N)CO)cc1. The Bertz CT molecular complexity index is 306. The maximum Gasteiger partial charge on any atom is 0.159 e. The zero-order valence-corrected chi connectivity index (χ0v) is 8.23. The van der Waals surface area contributed by atoms with E-state index in [9.17, 15) is 4.79 Å². The maximum atomic E-state index is 11.0. The molecule has 1 aromatic rings. The van der Waals surface area contributed by atoms with Crippen LogP contribution >= 0.6 is 0 Å². The van der Waals surface area contributed by atoms with E-state index in [1.807, 2.05) is 12.1 Å². The summed E-state index contributed by atoms with van der Waals surface area (Å²) in [6, 6.07) is 7.07. The van der Waals surface area contributed by atoms with Crippen molar-refractivity contribution in [3.05, 3.63) is 35.4 Å². The molecule has 0 aromatic heterocycles. The Morgan fingerprint density at radius 1 is 1.43 bits per heavy atom. The number of ketones is 1. The lowest BCUT2D eigenvalue weighted by Crippen LogP contribution is -2.26. The van der Waals surface area contributed by atoms with Crippen molar-refractivity contribution in [2.24, 2.45) is 5.73 Å². The summed E-state index contributed by atoms with van der Waals surface area (Å²) in [5, 5.41) is 8.76. The molecule has 0 bridgehead atoms. The fourth-order valence-electron chi connectivity index (χ4n) is 1.24. The fourth-order valence-corrected chi connectivity index (χ4v) is 1.24. The van der Waals surface area contributed by atoms with Crippen molar-refractivity contribution in [1.82, 2.24) is 0 Å². The van der Waals surface area contributed by atoms with Crippen LogP contribution in [0.4, 0.5) is 0 Å². The third kappa shape index (κ3) is 2.94. The highest BCUT2D eigenvalue weighted by atomic mass is 16.3. The van der Waals surface area contributed by atoms with Gasteiger partial charge in [-0.25, -0.2) is 0 Å². The lowest BCUT2D eigenvalue weighted by atomic mass is 10.0. The lowest BCUT2D eigenvalue weighted by molar-refractivity contribution is 0.101. The topological polar surface area (TPSA) is 63.3 Å². The summed E-state index contributed by atoms with van der Waals surface area (Å²) in [6.07, 6.45) is 0.634. The van der Waals surface area contributed by atoms with Crippen LogP contribution in [0.1, 0.15) is 22.8 Å². The molecule has 0 aliphatic heterocycles. The van der Waals surface area contributed by atoms with Crippen molar-refractivity contribution >= 4 is 5.78 Å². The minimum atomic E-state index is -0.224. The number of carbonyl (C=O) groups excluding carboxylic acids is 1. The first-order chi connectivity index (χ1) is 6.63. The van der Waals surface area contributed by atoms with Crippen LogP contribution in [0.3, 0.4) is 0 Å². The van der Waals surface area contributed by atoms with Gasteiger partial charge in [-0.15, -0.1) is 0 Å². The molecule has 1 aromatic carbocycles. The van der Waals surface area contributed by atoms with E-state index in [0.29, 0.717) is 12.0 Å². The van der Waals surface area contributed by atoms with Crippen LogP contribution in [-0.2, 0) is 6.42 Å². The largest absolute Gasteiger partial charge is 0.395 e. The van der Waals surface area contributed by atoms with E-state index in [1.54, 1.807) is 12.1 Å². The molecule has 0 aliphatic rings. The van der Waals surface area contributed by atoms with Gasteiger partial charge in [0.25, 0.3) is 0 Å². The Morgan fingerprint density at radius 3 is 2.43 bits per heavy atom. The molecule has 0 amide bonds. The fraction of sp³-hybridized carbons (Fsp3) is 0.364. The molecule has 0 aliphatic carbocycles. The summed E-state index contributed by atoms with van der Waals surface area (Å²) >= 11 is 0. The van der Waals surface area contributed by atoms with Crippen LogP contribution in [0.25, 0.3) is 0 Å². The van der Waals surface area contributed by atoms with Crippen molar-refractivity contribution in [2.45, 2.75) is 19.4 Å². The summed E-state index contributed by atoms with van der Waals surface area (Å²) in [6.45, 7) is 1.52. The molecule has 0 radical (unpaired) electrons. The van der Waals surface area contributed by atoms with Gasteiger partial charge >= 0.3 is 0 Å². The first-order valence-corrected chi connectivity index (χ1v) is 4.60. The van der Waals surface area contributed by atoms with E-state index in [-0.39, 0.29) is 18.4 Å². The third-order valence-electron chi connectivity index (χ3n) is 2.09. The Morgan fingerprint density at radius 2 is 2.00 bits per heavy atom. The van der Waals surface area contributed by atoms with Crippen LogP contribution in [0.5, 0.6) is 0 Å². The van der Waals surface area contributed by atoms with Crippen LogP contribution in [0, 0.1) is 0 Å². The number of hydrogen-bond donors (Lipinski definition) is 2. The highest BCUT2D eigenvalue weighted by Crippen LogP contribution is 2.06. The predicted octanol–water partition coefficient (Wildman–Crippen LogP) is 0.751. The molecule has 0 saturated carbocycles. The van der Waals surface area contributed by atoms with Gasteiger partial charge in [-0.05, 0) is 18.9 Å². The van der Waals surface area contributed by atoms with Gasteiger partial charge in [0.1, 0.15) is 0 Å². The molecule has 1 rings (SSSR count). The number of nitrogens with two attached hydrogens (primary N) is 1. The molecule has 1 unspecified atom stereocenters. The molecule has 1 atom stereocenters. The van der Waals surface area contributed by atoms with Crippen molar-refractivity contribution in [1.29, 1.82) is 0 Å². The first kappa shape index (κ1) is 10.9. The summed E-state index contributed by atoms with van der Waals surface area (Å²) in [4.78, 5) is 11.0. The molecule has 14 heavy (non-hydrogen) atoms. The molecule has 0 heterocycles. The Kier molecular flexibility index (Phi) is 3.80. The first-order valence-electron chi connectivity index (χ1n) is 4.60. The number of benzene rings is 1. The normalized spacial score (nSPS) is 12.5. The van der Waals surface area contributed by atoms with Crippen molar-refractivity contribution in [3.8, 4) is 0 Å². The molecule has 0 spiro atoms. The molecular formula is C11H15NO2. The van der Waals surface area contributed by atoms with E-state index in [4.69, 9.17) is 10.8 Å². The smallest absolute Gasteiger partial charge is 0.159 e. The van der Waals surface area contributed by atoms with Crippen molar-refractivity contribution in [2.75, 3.05) is 6.61 Å². The summed E-state index contributed by atoms with van der Waals surface area (Å²) in [7, 11) is 0. The van der Waals surface area contributed by atoms with E-state index in [2.05, 4.69) is 0 Å². The number of hydrogen-bond acceptors (Lipinski definition) is 3. The third-order valence-corrected chi connectivity index (χ3v) is 2.09. The highest BCUT2D eigenvalue weighted by molar-refractivity contribution is 5.93. The minimum absolute atomic E-state index is 0.0194. The van der Waals surface area contributed by atoms with Crippen LogP contribution in [0.15, 0.2) is 24.3 Å². The summed E-state index contributed by atoms with van der Waals surface area (Å²) < 4.78 is 0. The second-order valence-electron chi connectivity index (χ2n) is 3.40. The number of aliphatic hydroxyl groups excluding tert-OH is 1. The van der Waals surface area contributed by atoms with Crippen LogP contribution in [-0.4, -0.2) is 23.5 Å². The van der Waals surface area contributed by atoms with Gasteiger partial charge in [-0.2, -0.15) is 0 Å². The quantitative estimate of drug-likeness (QED) is 0.694. The second kappa shape index (κ2) is 4.88. The van der Waals surface area contributed by atoms with Gasteiger partial charge in [0.2, 0.25) is 0 Å². The minimum Gasteiger partial charge on any atom is -0.395 e. The number of rotatable bonds is 4. The zero-order valence-electron chi connectivity index (χ0n) is 8.23. The Hall–Kier alpha value is -1.19. The Balaban J connectivity index is 2.68. The van der Waals surface area contributed by atoms with E-state index < -0.39 is 0 Å². The van der Waals surface area contributed by atoms with Crippen LogP contribution < -0.4 is 5.73 Å². The monoisotopic (exact) mass is 193 g/mol. The molecule has 3 heteroatoms. The average Bonchev–Trinajstić information content (AvgIpc) is 2.18. The van der Waals surface area contributed by atoms with E-state index >= 15 is 0 Å². The predicted molar refractivity (Wildman–Crippen MR) is 55.2 cm³/mol. The number of Topliss-reactive ketones (excluding diaryl/α,β-unsaturated/α-hetero) is 1. The van der Waals surface area contributed by atoms with Gasteiger partial charge in [0, 0.05) is 11.6 Å². The lowest BCUT2D eigenvalue weighted by Gasteiger charge is -2.07. The molecule has 0 saturated heterocycles.